The average Bonchev–Trinajstić information content (AvgIpc) is 2.53. The summed E-state index contributed by atoms with van der Waals surface area (Å²) in [7, 11) is 1.67. The Morgan fingerprint density at radius 3 is 2.57 bits per heavy atom. The van der Waals surface area contributed by atoms with Crippen molar-refractivity contribution in [2.75, 3.05) is 13.7 Å². The molecule has 0 saturated carbocycles. The molecule has 21 heavy (non-hydrogen) atoms. The number of benzene rings is 2. The molecule has 0 saturated heterocycles. The summed E-state index contributed by atoms with van der Waals surface area (Å²) in [6.45, 7) is 5.76. The first-order valence-corrected chi connectivity index (χ1v) is 7.32. The molecule has 0 aliphatic carbocycles. The largest absolute Gasteiger partial charge is 0.497 e. The maximum Gasteiger partial charge on any atom is 0.120 e. The van der Waals surface area contributed by atoms with Gasteiger partial charge in [0, 0.05) is 6.04 Å². The van der Waals surface area contributed by atoms with E-state index in [1.807, 2.05) is 36.4 Å². The molecule has 1 unspecified atom stereocenters. The third kappa shape index (κ3) is 4.50. The molecular formula is C18H23NO2. The van der Waals surface area contributed by atoms with E-state index in [4.69, 9.17) is 9.47 Å². The van der Waals surface area contributed by atoms with E-state index in [0.29, 0.717) is 12.6 Å². The van der Waals surface area contributed by atoms with Crippen molar-refractivity contribution in [1.82, 2.24) is 5.32 Å². The van der Waals surface area contributed by atoms with Crippen LogP contribution >= 0.6 is 0 Å². The van der Waals surface area contributed by atoms with Crippen molar-refractivity contribution in [3.05, 3.63) is 59.7 Å². The Morgan fingerprint density at radius 2 is 1.81 bits per heavy atom. The molecule has 2 rings (SSSR count). The lowest BCUT2D eigenvalue weighted by Gasteiger charge is -2.14. The smallest absolute Gasteiger partial charge is 0.120 e. The standard InChI is InChI=1S/C18H23NO2/c1-4-19-14(2)16-8-6-10-18(12-16)21-13-15-7-5-9-17(11-15)20-3/h5-12,14,19H,4,13H2,1-3H3. The number of hydrogen-bond donors (Lipinski definition) is 1. The number of nitrogens with one attached hydrogen (secondary N) is 1. The van der Waals surface area contributed by atoms with E-state index in [-0.39, 0.29) is 0 Å². The summed E-state index contributed by atoms with van der Waals surface area (Å²) >= 11 is 0. The Bertz CT molecular complexity index is 569. The molecule has 1 atom stereocenters. The van der Waals surface area contributed by atoms with E-state index in [2.05, 4.69) is 31.3 Å². The molecule has 0 bridgehead atoms. The first-order valence-electron chi connectivity index (χ1n) is 7.32. The van der Waals surface area contributed by atoms with Crippen molar-refractivity contribution in [3.63, 3.8) is 0 Å². The summed E-state index contributed by atoms with van der Waals surface area (Å²) in [5.74, 6) is 1.74. The lowest BCUT2D eigenvalue weighted by molar-refractivity contribution is 0.304. The van der Waals surface area contributed by atoms with Gasteiger partial charge in [0.25, 0.3) is 0 Å². The van der Waals surface area contributed by atoms with Crippen LogP contribution in [0.5, 0.6) is 11.5 Å². The van der Waals surface area contributed by atoms with Gasteiger partial charge in [-0.3, -0.25) is 0 Å². The second-order valence-corrected chi connectivity index (χ2v) is 4.99. The molecule has 3 heteroatoms. The summed E-state index contributed by atoms with van der Waals surface area (Å²) in [6, 6.07) is 16.5. The van der Waals surface area contributed by atoms with Crippen LogP contribution in [0.15, 0.2) is 48.5 Å². The van der Waals surface area contributed by atoms with E-state index < -0.39 is 0 Å². The van der Waals surface area contributed by atoms with Crippen LogP contribution in [0.1, 0.15) is 31.0 Å². The molecule has 1 N–H and O–H groups in total. The van der Waals surface area contributed by atoms with Crippen LogP contribution in [-0.4, -0.2) is 13.7 Å². The van der Waals surface area contributed by atoms with Crippen LogP contribution in [0, 0.1) is 0 Å². The van der Waals surface area contributed by atoms with Crippen LogP contribution in [0.3, 0.4) is 0 Å². The zero-order valence-corrected chi connectivity index (χ0v) is 12.9. The van der Waals surface area contributed by atoms with Gasteiger partial charge in [-0.25, -0.2) is 0 Å². The molecule has 0 aliphatic rings. The predicted octanol–water partition coefficient (Wildman–Crippen LogP) is 3.94. The van der Waals surface area contributed by atoms with Gasteiger partial charge < -0.3 is 14.8 Å². The van der Waals surface area contributed by atoms with Crippen LogP contribution in [0.25, 0.3) is 0 Å². The van der Waals surface area contributed by atoms with Crippen LogP contribution < -0.4 is 14.8 Å². The van der Waals surface area contributed by atoms with Crippen molar-refractivity contribution in [3.8, 4) is 11.5 Å². The van der Waals surface area contributed by atoms with Gasteiger partial charge in [-0.2, -0.15) is 0 Å². The average molecular weight is 285 g/mol. The van der Waals surface area contributed by atoms with Crippen LogP contribution in [-0.2, 0) is 6.61 Å². The minimum atomic E-state index is 0.329. The number of hydrogen-bond acceptors (Lipinski definition) is 3. The van der Waals surface area contributed by atoms with Gasteiger partial charge in [-0.1, -0.05) is 31.2 Å². The van der Waals surface area contributed by atoms with Crippen LogP contribution in [0.4, 0.5) is 0 Å². The van der Waals surface area contributed by atoms with E-state index in [0.717, 1.165) is 23.6 Å². The fraction of sp³-hybridized carbons (Fsp3) is 0.333. The zero-order chi connectivity index (χ0) is 15.1. The van der Waals surface area contributed by atoms with Gasteiger partial charge >= 0.3 is 0 Å². The van der Waals surface area contributed by atoms with Crippen molar-refractivity contribution in [2.24, 2.45) is 0 Å². The second kappa shape index (κ2) is 7.70. The first-order chi connectivity index (χ1) is 10.2. The maximum atomic E-state index is 5.88. The Morgan fingerprint density at radius 1 is 1.05 bits per heavy atom. The Hall–Kier alpha value is -2.00. The van der Waals surface area contributed by atoms with Crippen molar-refractivity contribution < 1.29 is 9.47 Å². The molecule has 0 amide bonds. The van der Waals surface area contributed by atoms with Gasteiger partial charge in [-0.15, -0.1) is 0 Å². The predicted molar refractivity (Wildman–Crippen MR) is 85.9 cm³/mol. The molecule has 0 aromatic heterocycles. The number of rotatable bonds is 7. The SMILES string of the molecule is CCNC(C)c1cccc(OCc2cccc(OC)c2)c1. The highest BCUT2D eigenvalue weighted by atomic mass is 16.5. The quantitative estimate of drug-likeness (QED) is 0.835. The number of methoxy groups -OCH3 is 1. The summed E-state index contributed by atoms with van der Waals surface area (Å²) in [6.07, 6.45) is 0. The summed E-state index contributed by atoms with van der Waals surface area (Å²) in [4.78, 5) is 0. The Balaban J connectivity index is 2.01. The topological polar surface area (TPSA) is 30.5 Å². The molecule has 0 heterocycles. The molecule has 0 spiro atoms. The molecule has 2 aromatic rings. The van der Waals surface area contributed by atoms with Gasteiger partial charge in [0.15, 0.2) is 0 Å². The van der Waals surface area contributed by atoms with Gasteiger partial charge in [0.05, 0.1) is 7.11 Å². The Kier molecular flexibility index (Phi) is 5.64. The van der Waals surface area contributed by atoms with E-state index in [9.17, 15) is 0 Å². The molecule has 0 fully saturated rings. The fourth-order valence-corrected chi connectivity index (χ4v) is 2.23. The molecule has 0 aliphatic heterocycles. The van der Waals surface area contributed by atoms with Gasteiger partial charge in [-0.05, 0) is 48.9 Å². The van der Waals surface area contributed by atoms with Crippen molar-refractivity contribution in [1.29, 1.82) is 0 Å². The van der Waals surface area contributed by atoms with E-state index in [1.54, 1.807) is 7.11 Å². The van der Waals surface area contributed by atoms with Gasteiger partial charge in [0.2, 0.25) is 0 Å². The summed E-state index contributed by atoms with van der Waals surface area (Å²) in [5.41, 5.74) is 2.33. The zero-order valence-electron chi connectivity index (χ0n) is 12.9. The first kappa shape index (κ1) is 15.4. The molecular weight excluding hydrogens is 262 g/mol. The highest BCUT2D eigenvalue weighted by Crippen LogP contribution is 2.21. The summed E-state index contributed by atoms with van der Waals surface area (Å²) < 4.78 is 11.1. The van der Waals surface area contributed by atoms with Gasteiger partial charge in [0.1, 0.15) is 18.1 Å². The normalized spacial score (nSPS) is 12.0. The molecule has 2 aromatic carbocycles. The lowest BCUT2D eigenvalue weighted by atomic mass is 10.1. The highest BCUT2D eigenvalue weighted by molar-refractivity contribution is 5.32. The molecule has 3 nitrogen and oxygen atoms in total. The minimum absolute atomic E-state index is 0.329. The molecule has 112 valence electrons. The molecule has 0 radical (unpaired) electrons. The number of ether oxygens (including phenoxy) is 2. The Labute approximate surface area is 126 Å². The summed E-state index contributed by atoms with van der Waals surface area (Å²) in [5, 5.41) is 3.41. The lowest BCUT2D eigenvalue weighted by Crippen LogP contribution is -2.17. The monoisotopic (exact) mass is 285 g/mol. The third-order valence-electron chi connectivity index (χ3n) is 3.41. The van der Waals surface area contributed by atoms with E-state index in [1.165, 1.54) is 5.56 Å². The van der Waals surface area contributed by atoms with E-state index >= 15 is 0 Å². The second-order valence-electron chi connectivity index (χ2n) is 4.99. The highest BCUT2D eigenvalue weighted by Gasteiger charge is 2.05. The van der Waals surface area contributed by atoms with Crippen molar-refractivity contribution in [2.45, 2.75) is 26.5 Å². The van der Waals surface area contributed by atoms with Crippen molar-refractivity contribution >= 4 is 0 Å². The minimum Gasteiger partial charge on any atom is -0.497 e. The fourth-order valence-electron chi connectivity index (χ4n) is 2.23. The maximum absolute atomic E-state index is 5.88. The third-order valence-corrected chi connectivity index (χ3v) is 3.41. The van der Waals surface area contributed by atoms with Crippen LogP contribution in [0.2, 0.25) is 0 Å².